The molecular formula is C13H13N3O4S. The van der Waals surface area contributed by atoms with Gasteiger partial charge >= 0.3 is 0 Å². The number of nitro benzene ring substituents is 1. The first-order valence-electron chi connectivity index (χ1n) is 6.02. The largest absolute Gasteiger partial charge is 0.269 e. The molecule has 7 nitrogen and oxygen atoms in total. The summed E-state index contributed by atoms with van der Waals surface area (Å²) < 4.78 is 26.4. The number of nitrogens with one attached hydrogen (secondary N) is 1. The Labute approximate surface area is 121 Å². The first-order chi connectivity index (χ1) is 9.85. The number of rotatable bonds is 5. The van der Waals surface area contributed by atoms with Gasteiger partial charge in [-0.25, -0.2) is 13.4 Å². The Bertz CT molecular complexity index is 757. The van der Waals surface area contributed by atoms with Crippen molar-refractivity contribution in [3.8, 4) is 0 Å². The van der Waals surface area contributed by atoms with Crippen molar-refractivity contribution in [2.75, 3.05) is 4.72 Å². The second kappa shape index (κ2) is 5.88. The lowest BCUT2D eigenvalue weighted by atomic mass is 10.2. The van der Waals surface area contributed by atoms with Crippen LogP contribution in [0.4, 0.5) is 11.5 Å². The molecule has 0 saturated carbocycles. The van der Waals surface area contributed by atoms with Crippen LogP contribution in [0.3, 0.4) is 0 Å². The van der Waals surface area contributed by atoms with Crippen molar-refractivity contribution in [2.24, 2.45) is 0 Å². The molecule has 0 amide bonds. The second-order valence-corrected chi connectivity index (χ2v) is 6.23. The van der Waals surface area contributed by atoms with Gasteiger partial charge in [-0.05, 0) is 30.2 Å². The normalized spacial score (nSPS) is 11.1. The molecule has 110 valence electrons. The van der Waals surface area contributed by atoms with Crippen molar-refractivity contribution in [2.45, 2.75) is 12.7 Å². The SMILES string of the molecule is Cc1ccnc(NS(=O)(=O)Cc2ccc([N+](=O)[O-])cc2)c1. The highest BCUT2D eigenvalue weighted by Crippen LogP contribution is 2.15. The molecule has 0 unspecified atom stereocenters. The van der Waals surface area contributed by atoms with Gasteiger partial charge in [0.15, 0.2) is 0 Å². The van der Waals surface area contributed by atoms with Crippen LogP contribution in [0, 0.1) is 17.0 Å². The first kappa shape index (κ1) is 14.9. The van der Waals surface area contributed by atoms with Crippen molar-refractivity contribution in [3.63, 3.8) is 0 Å². The molecule has 8 heteroatoms. The molecule has 0 fully saturated rings. The number of anilines is 1. The highest BCUT2D eigenvalue weighted by atomic mass is 32.2. The zero-order valence-electron chi connectivity index (χ0n) is 11.2. The van der Waals surface area contributed by atoms with E-state index in [1.54, 1.807) is 12.1 Å². The Balaban J connectivity index is 2.12. The average Bonchev–Trinajstić information content (AvgIpc) is 2.38. The minimum atomic E-state index is -3.62. The van der Waals surface area contributed by atoms with Crippen molar-refractivity contribution in [3.05, 3.63) is 63.8 Å². The van der Waals surface area contributed by atoms with Gasteiger partial charge in [-0.1, -0.05) is 12.1 Å². The summed E-state index contributed by atoms with van der Waals surface area (Å²) in [4.78, 5) is 13.9. The third-order valence-electron chi connectivity index (χ3n) is 2.68. The molecule has 0 spiro atoms. The zero-order chi connectivity index (χ0) is 15.5. The lowest BCUT2D eigenvalue weighted by Crippen LogP contribution is -2.16. The second-order valence-electron chi connectivity index (χ2n) is 4.50. The number of hydrogen-bond acceptors (Lipinski definition) is 5. The molecule has 0 radical (unpaired) electrons. The molecule has 0 aliphatic carbocycles. The molecular weight excluding hydrogens is 294 g/mol. The fourth-order valence-corrected chi connectivity index (χ4v) is 2.85. The monoisotopic (exact) mass is 307 g/mol. The molecule has 1 heterocycles. The minimum absolute atomic E-state index is 0.0792. The Hall–Kier alpha value is -2.48. The molecule has 2 aromatic rings. The summed E-state index contributed by atoms with van der Waals surface area (Å²) in [6, 6.07) is 8.76. The van der Waals surface area contributed by atoms with Crippen LogP contribution in [0.5, 0.6) is 0 Å². The number of nitro groups is 1. The topological polar surface area (TPSA) is 102 Å². The first-order valence-corrected chi connectivity index (χ1v) is 7.67. The molecule has 0 aliphatic rings. The van der Waals surface area contributed by atoms with E-state index in [1.165, 1.54) is 30.5 Å². The van der Waals surface area contributed by atoms with Crippen LogP contribution in [-0.4, -0.2) is 18.3 Å². The van der Waals surface area contributed by atoms with Crippen LogP contribution in [0.15, 0.2) is 42.6 Å². The third-order valence-corrected chi connectivity index (χ3v) is 3.91. The smallest absolute Gasteiger partial charge is 0.267 e. The minimum Gasteiger partial charge on any atom is -0.267 e. The predicted molar refractivity (Wildman–Crippen MR) is 78.3 cm³/mol. The number of aryl methyl sites for hydroxylation is 1. The number of hydrogen-bond donors (Lipinski definition) is 1. The summed E-state index contributed by atoms with van der Waals surface area (Å²) in [6.45, 7) is 1.83. The maximum absolute atomic E-state index is 12.0. The van der Waals surface area contributed by atoms with Gasteiger partial charge in [0.25, 0.3) is 5.69 Å². The van der Waals surface area contributed by atoms with Gasteiger partial charge in [-0.3, -0.25) is 14.8 Å². The van der Waals surface area contributed by atoms with Gasteiger partial charge in [0.1, 0.15) is 5.82 Å². The Morgan fingerprint density at radius 1 is 1.24 bits per heavy atom. The van der Waals surface area contributed by atoms with E-state index >= 15 is 0 Å². The number of non-ortho nitro benzene ring substituents is 1. The van der Waals surface area contributed by atoms with Gasteiger partial charge in [-0.15, -0.1) is 0 Å². The molecule has 0 aliphatic heterocycles. The van der Waals surface area contributed by atoms with E-state index < -0.39 is 14.9 Å². The fraction of sp³-hybridized carbons (Fsp3) is 0.154. The number of pyridine rings is 1. The Morgan fingerprint density at radius 2 is 1.90 bits per heavy atom. The predicted octanol–water partition coefficient (Wildman–Crippen LogP) is 2.24. The van der Waals surface area contributed by atoms with Gasteiger partial charge in [0.2, 0.25) is 10.0 Å². The van der Waals surface area contributed by atoms with Crippen molar-refractivity contribution in [1.82, 2.24) is 4.98 Å². The highest BCUT2D eigenvalue weighted by Gasteiger charge is 2.13. The summed E-state index contributed by atoms with van der Waals surface area (Å²) in [5.41, 5.74) is 1.27. The maximum atomic E-state index is 12.0. The van der Waals surface area contributed by atoms with E-state index in [0.29, 0.717) is 5.56 Å². The molecule has 21 heavy (non-hydrogen) atoms. The molecule has 2 rings (SSSR count). The van der Waals surface area contributed by atoms with E-state index in [1.807, 2.05) is 6.92 Å². The molecule has 0 bridgehead atoms. The van der Waals surface area contributed by atoms with Crippen LogP contribution in [0.1, 0.15) is 11.1 Å². The van der Waals surface area contributed by atoms with Crippen molar-refractivity contribution >= 4 is 21.5 Å². The Kier molecular flexibility index (Phi) is 4.18. The standard InChI is InChI=1S/C13H13N3O4S/c1-10-6-7-14-13(8-10)15-21(19,20)9-11-2-4-12(5-3-11)16(17)18/h2-8H,9H2,1H3,(H,14,15). The zero-order valence-corrected chi connectivity index (χ0v) is 12.0. The number of nitrogens with zero attached hydrogens (tertiary/aromatic N) is 2. The van der Waals surface area contributed by atoms with E-state index in [4.69, 9.17) is 0 Å². The van der Waals surface area contributed by atoms with Crippen LogP contribution in [-0.2, 0) is 15.8 Å². The Morgan fingerprint density at radius 3 is 2.48 bits per heavy atom. The molecule has 0 saturated heterocycles. The van der Waals surface area contributed by atoms with E-state index in [0.717, 1.165) is 5.56 Å². The summed E-state index contributed by atoms with van der Waals surface area (Å²) in [6.07, 6.45) is 1.51. The van der Waals surface area contributed by atoms with Crippen LogP contribution in [0.25, 0.3) is 0 Å². The van der Waals surface area contributed by atoms with Gasteiger partial charge in [-0.2, -0.15) is 0 Å². The van der Waals surface area contributed by atoms with Crippen molar-refractivity contribution in [1.29, 1.82) is 0 Å². The quantitative estimate of drug-likeness (QED) is 0.674. The lowest BCUT2D eigenvalue weighted by molar-refractivity contribution is -0.384. The van der Waals surface area contributed by atoms with E-state index in [9.17, 15) is 18.5 Å². The van der Waals surface area contributed by atoms with Gasteiger partial charge in [0.05, 0.1) is 10.7 Å². The van der Waals surface area contributed by atoms with Crippen LogP contribution >= 0.6 is 0 Å². The van der Waals surface area contributed by atoms with Crippen LogP contribution in [0.2, 0.25) is 0 Å². The number of aromatic nitrogens is 1. The number of sulfonamides is 1. The highest BCUT2D eigenvalue weighted by molar-refractivity contribution is 7.91. The number of benzene rings is 1. The van der Waals surface area contributed by atoms with E-state index in [-0.39, 0.29) is 17.3 Å². The van der Waals surface area contributed by atoms with E-state index in [2.05, 4.69) is 9.71 Å². The molecule has 1 N–H and O–H groups in total. The summed E-state index contributed by atoms with van der Waals surface area (Å²) in [5.74, 6) is -0.0300. The summed E-state index contributed by atoms with van der Waals surface area (Å²) in [7, 11) is -3.62. The average molecular weight is 307 g/mol. The van der Waals surface area contributed by atoms with Gasteiger partial charge in [0, 0.05) is 18.3 Å². The lowest BCUT2D eigenvalue weighted by Gasteiger charge is -2.07. The maximum Gasteiger partial charge on any atom is 0.269 e. The molecule has 1 aromatic heterocycles. The van der Waals surface area contributed by atoms with Gasteiger partial charge < -0.3 is 0 Å². The summed E-state index contributed by atoms with van der Waals surface area (Å²) in [5, 5.41) is 10.5. The molecule has 1 aromatic carbocycles. The van der Waals surface area contributed by atoms with Crippen LogP contribution < -0.4 is 4.72 Å². The van der Waals surface area contributed by atoms with Crippen molar-refractivity contribution < 1.29 is 13.3 Å². The summed E-state index contributed by atoms with van der Waals surface area (Å²) >= 11 is 0. The fourth-order valence-electron chi connectivity index (χ4n) is 1.72. The molecule has 0 atom stereocenters. The third kappa shape index (κ3) is 4.25.